The number of hydrogen-bond acceptors (Lipinski definition) is 4. The van der Waals surface area contributed by atoms with Crippen LogP contribution >= 0.6 is 23.4 Å². The van der Waals surface area contributed by atoms with E-state index in [0.29, 0.717) is 17.8 Å². The molecule has 0 unspecified atom stereocenters. The van der Waals surface area contributed by atoms with Crippen LogP contribution in [0.25, 0.3) is 0 Å². The molecule has 0 fully saturated rings. The molecule has 2 N–H and O–H groups in total. The maximum absolute atomic E-state index is 8.98. The lowest BCUT2D eigenvalue weighted by Gasteiger charge is -2.07. The number of rotatable bonds is 6. The average Bonchev–Trinajstić information content (AvgIpc) is 2.46. The van der Waals surface area contributed by atoms with Crippen molar-refractivity contribution in [1.82, 2.24) is 0 Å². The van der Waals surface area contributed by atoms with Crippen LogP contribution in [0.15, 0.2) is 53.4 Å². The highest BCUT2D eigenvalue weighted by atomic mass is 35.5. The van der Waals surface area contributed by atoms with Gasteiger partial charge in [0, 0.05) is 10.6 Å². The van der Waals surface area contributed by atoms with Gasteiger partial charge in [0.1, 0.15) is 5.75 Å². The molecule has 2 rings (SSSR count). The summed E-state index contributed by atoms with van der Waals surface area (Å²) in [6.45, 7) is 0.552. The zero-order valence-electron chi connectivity index (χ0n) is 10.7. The summed E-state index contributed by atoms with van der Waals surface area (Å²) in [6.07, 6.45) is 0. The van der Waals surface area contributed by atoms with Crippen molar-refractivity contribution in [3.63, 3.8) is 0 Å². The molecule has 0 radical (unpaired) electrons. The van der Waals surface area contributed by atoms with E-state index in [1.807, 2.05) is 24.3 Å². The molecule has 0 amide bonds. The van der Waals surface area contributed by atoms with Crippen LogP contribution in [0, 0.1) is 0 Å². The highest BCUT2D eigenvalue weighted by Crippen LogP contribution is 2.26. The molecule has 2 aromatic carbocycles. The minimum absolute atomic E-state index is 0.447. The predicted octanol–water partition coefficient (Wildman–Crippen LogP) is 2.19. The van der Waals surface area contributed by atoms with Crippen LogP contribution in [0.5, 0.6) is 5.75 Å². The van der Waals surface area contributed by atoms with E-state index < -0.39 is 7.12 Å². The summed E-state index contributed by atoms with van der Waals surface area (Å²) >= 11 is 7.70. The molecule has 6 heteroatoms. The van der Waals surface area contributed by atoms with Gasteiger partial charge >= 0.3 is 7.12 Å². The molecule has 104 valence electrons. The molecule has 0 saturated carbocycles. The lowest BCUT2D eigenvalue weighted by Crippen LogP contribution is -2.29. The number of thioether (sulfide) groups is 1. The van der Waals surface area contributed by atoms with Crippen molar-refractivity contribution < 1.29 is 14.8 Å². The van der Waals surface area contributed by atoms with Crippen LogP contribution < -0.4 is 10.2 Å². The summed E-state index contributed by atoms with van der Waals surface area (Å²) in [5.41, 5.74) is 0.447. The normalized spacial score (nSPS) is 10.3. The number of benzene rings is 2. The van der Waals surface area contributed by atoms with Crippen molar-refractivity contribution in [3.8, 4) is 5.75 Å². The van der Waals surface area contributed by atoms with E-state index in [2.05, 4.69) is 0 Å². The minimum atomic E-state index is -1.44. The molecule has 20 heavy (non-hydrogen) atoms. The van der Waals surface area contributed by atoms with E-state index in [9.17, 15) is 0 Å². The highest BCUT2D eigenvalue weighted by molar-refractivity contribution is 7.99. The van der Waals surface area contributed by atoms with Gasteiger partial charge in [0.2, 0.25) is 0 Å². The van der Waals surface area contributed by atoms with E-state index in [1.54, 1.807) is 36.0 Å². The average molecular weight is 309 g/mol. The van der Waals surface area contributed by atoms with Crippen LogP contribution in [0.3, 0.4) is 0 Å². The van der Waals surface area contributed by atoms with E-state index in [4.69, 9.17) is 26.4 Å². The fourth-order valence-corrected chi connectivity index (χ4v) is 2.68. The molecule has 0 aromatic heterocycles. The predicted molar refractivity (Wildman–Crippen MR) is 83.9 cm³/mol. The maximum atomic E-state index is 8.98. The van der Waals surface area contributed by atoms with E-state index in [0.717, 1.165) is 15.7 Å². The molecular weight excluding hydrogens is 294 g/mol. The first-order valence-corrected chi connectivity index (χ1v) is 7.49. The molecule has 0 aliphatic heterocycles. The summed E-state index contributed by atoms with van der Waals surface area (Å²) < 4.78 is 5.58. The molecule has 0 aliphatic carbocycles. The monoisotopic (exact) mass is 308 g/mol. The Morgan fingerprint density at radius 3 is 2.40 bits per heavy atom. The first-order valence-electron chi connectivity index (χ1n) is 6.13. The quantitative estimate of drug-likeness (QED) is 0.488. The third kappa shape index (κ3) is 4.46. The van der Waals surface area contributed by atoms with Crippen molar-refractivity contribution in [2.45, 2.75) is 4.90 Å². The number of halogens is 1. The van der Waals surface area contributed by atoms with Gasteiger partial charge in [0.05, 0.1) is 11.6 Å². The SMILES string of the molecule is OB(O)c1ccc(OCCSc2ccccc2Cl)cc1. The lowest BCUT2D eigenvalue weighted by atomic mass is 9.80. The molecule has 0 heterocycles. The number of hydrogen-bond donors (Lipinski definition) is 2. The summed E-state index contributed by atoms with van der Waals surface area (Å²) in [7, 11) is -1.44. The van der Waals surface area contributed by atoms with Gasteiger partial charge in [0.25, 0.3) is 0 Å². The summed E-state index contributed by atoms with van der Waals surface area (Å²) in [6, 6.07) is 14.4. The van der Waals surface area contributed by atoms with Crippen LogP contribution in [-0.4, -0.2) is 29.5 Å². The molecule has 2 aromatic rings. The van der Waals surface area contributed by atoms with Crippen molar-refractivity contribution in [1.29, 1.82) is 0 Å². The van der Waals surface area contributed by atoms with E-state index in [-0.39, 0.29) is 0 Å². The van der Waals surface area contributed by atoms with Gasteiger partial charge in [-0.25, -0.2) is 0 Å². The largest absolute Gasteiger partial charge is 0.493 e. The first-order chi connectivity index (χ1) is 9.66. The Morgan fingerprint density at radius 2 is 1.75 bits per heavy atom. The van der Waals surface area contributed by atoms with E-state index in [1.165, 1.54) is 0 Å². The Balaban J connectivity index is 1.77. The van der Waals surface area contributed by atoms with Crippen LogP contribution in [-0.2, 0) is 0 Å². The number of ether oxygens (including phenoxy) is 1. The van der Waals surface area contributed by atoms with Crippen LogP contribution in [0.4, 0.5) is 0 Å². The zero-order chi connectivity index (χ0) is 14.4. The van der Waals surface area contributed by atoms with Crippen LogP contribution in [0.2, 0.25) is 5.02 Å². The Labute approximate surface area is 127 Å². The van der Waals surface area contributed by atoms with Crippen molar-refractivity contribution in [2.24, 2.45) is 0 Å². The summed E-state index contributed by atoms with van der Waals surface area (Å²) in [4.78, 5) is 1.04. The molecule has 0 spiro atoms. The fraction of sp³-hybridized carbons (Fsp3) is 0.143. The maximum Gasteiger partial charge on any atom is 0.488 e. The Morgan fingerprint density at radius 1 is 1.05 bits per heavy atom. The van der Waals surface area contributed by atoms with Gasteiger partial charge in [-0.15, -0.1) is 11.8 Å². The smallest absolute Gasteiger partial charge is 0.488 e. The Kier molecular flexibility index (Phi) is 5.79. The summed E-state index contributed by atoms with van der Waals surface area (Å²) in [5, 5.41) is 18.7. The van der Waals surface area contributed by atoms with Gasteiger partial charge in [-0.3, -0.25) is 0 Å². The summed E-state index contributed by atoms with van der Waals surface area (Å²) in [5.74, 6) is 1.49. The third-order valence-electron chi connectivity index (χ3n) is 2.62. The van der Waals surface area contributed by atoms with Crippen molar-refractivity contribution >= 4 is 35.9 Å². The van der Waals surface area contributed by atoms with Crippen molar-refractivity contribution in [2.75, 3.05) is 12.4 Å². The zero-order valence-corrected chi connectivity index (χ0v) is 12.3. The standard InChI is InChI=1S/C14H14BClO3S/c16-13-3-1-2-4-14(13)20-10-9-19-12-7-5-11(6-8-12)15(17)18/h1-8,17-18H,9-10H2. The van der Waals surface area contributed by atoms with Crippen LogP contribution in [0.1, 0.15) is 0 Å². The molecule has 0 aliphatic rings. The van der Waals surface area contributed by atoms with Gasteiger partial charge < -0.3 is 14.8 Å². The second-order valence-corrected chi connectivity index (χ2v) is 5.61. The van der Waals surface area contributed by atoms with E-state index >= 15 is 0 Å². The second kappa shape index (κ2) is 7.60. The third-order valence-corrected chi connectivity index (χ3v) is 4.10. The molecular formula is C14H14BClO3S. The highest BCUT2D eigenvalue weighted by Gasteiger charge is 2.09. The second-order valence-electron chi connectivity index (χ2n) is 4.07. The Hall–Kier alpha value is -1.14. The van der Waals surface area contributed by atoms with Gasteiger partial charge in [-0.1, -0.05) is 35.9 Å². The molecule has 0 saturated heterocycles. The topological polar surface area (TPSA) is 49.7 Å². The first kappa shape index (κ1) is 15.3. The van der Waals surface area contributed by atoms with Gasteiger partial charge in [-0.05, 0) is 29.7 Å². The fourth-order valence-electron chi connectivity index (χ4n) is 1.61. The van der Waals surface area contributed by atoms with Gasteiger partial charge in [-0.2, -0.15) is 0 Å². The van der Waals surface area contributed by atoms with Gasteiger partial charge in [0.15, 0.2) is 0 Å². The lowest BCUT2D eigenvalue weighted by molar-refractivity contribution is 0.344. The minimum Gasteiger partial charge on any atom is -0.493 e. The molecule has 3 nitrogen and oxygen atoms in total. The molecule has 0 atom stereocenters. The molecule has 0 bridgehead atoms. The van der Waals surface area contributed by atoms with Crippen molar-refractivity contribution in [3.05, 3.63) is 53.6 Å². The Bertz CT molecular complexity index is 548.